The van der Waals surface area contributed by atoms with E-state index in [0.717, 1.165) is 40.6 Å². The second kappa shape index (κ2) is 3.99. The van der Waals surface area contributed by atoms with Crippen molar-refractivity contribution in [1.29, 1.82) is 0 Å². The van der Waals surface area contributed by atoms with Gasteiger partial charge >= 0.3 is 5.69 Å². The molecule has 1 aromatic carbocycles. The first kappa shape index (κ1) is 11.0. The first-order valence-corrected chi connectivity index (χ1v) is 6.57. The van der Waals surface area contributed by atoms with Crippen LogP contribution in [-0.4, -0.2) is 22.6 Å². The Balaban J connectivity index is 2.29. The molecule has 0 saturated carbocycles. The summed E-state index contributed by atoms with van der Waals surface area (Å²) in [7, 11) is 0. The topological polar surface area (TPSA) is 49.8 Å². The van der Waals surface area contributed by atoms with E-state index in [9.17, 15) is 4.79 Å². The van der Waals surface area contributed by atoms with Crippen molar-refractivity contribution in [3.63, 3.8) is 0 Å². The highest BCUT2D eigenvalue weighted by atomic mass is 79.9. The van der Waals surface area contributed by atoms with E-state index in [-0.39, 0.29) is 11.7 Å². The van der Waals surface area contributed by atoms with Crippen molar-refractivity contribution in [2.45, 2.75) is 19.4 Å². The highest BCUT2D eigenvalue weighted by molar-refractivity contribution is 9.10. The Bertz CT molecular complexity index is 622. The molecule has 2 heterocycles. The molecule has 0 radical (unpaired) electrons. The summed E-state index contributed by atoms with van der Waals surface area (Å²) in [4.78, 5) is 15.0. The summed E-state index contributed by atoms with van der Waals surface area (Å²) in [5.41, 5.74) is 3.03. The first-order chi connectivity index (χ1) is 8.16. The van der Waals surface area contributed by atoms with Crippen LogP contribution in [0.3, 0.4) is 0 Å². The smallest absolute Gasteiger partial charge is 0.315 e. The number of fused-ring (bicyclic) bond motifs is 1. The molecular weight excluding hydrogens is 282 g/mol. The highest BCUT2D eigenvalue weighted by Crippen LogP contribution is 2.25. The van der Waals surface area contributed by atoms with Crippen LogP contribution in [0.25, 0.3) is 11.0 Å². The minimum absolute atomic E-state index is 0.00472. The maximum absolute atomic E-state index is 12.1. The fourth-order valence-electron chi connectivity index (χ4n) is 2.58. The predicted octanol–water partition coefficient (Wildman–Crippen LogP) is 1.93. The number of imidazole rings is 1. The number of aryl methyl sites for hydroxylation is 1. The second-order valence-electron chi connectivity index (χ2n) is 4.56. The van der Waals surface area contributed by atoms with E-state index in [0.29, 0.717) is 0 Å². The molecule has 90 valence electrons. The molecule has 1 fully saturated rings. The van der Waals surface area contributed by atoms with Crippen LogP contribution in [0, 0.1) is 6.92 Å². The molecule has 3 rings (SSSR count). The number of H-pyrrole nitrogens is 1. The summed E-state index contributed by atoms with van der Waals surface area (Å²) in [6.45, 7) is 3.87. The number of rotatable bonds is 1. The van der Waals surface area contributed by atoms with E-state index in [4.69, 9.17) is 0 Å². The van der Waals surface area contributed by atoms with Crippen molar-refractivity contribution in [1.82, 2.24) is 14.9 Å². The summed E-state index contributed by atoms with van der Waals surface area (Å²) in [5, 5.41) is 3.30. The average molecular weight is 296 g/mol. The normalized spacial score (nSPS) is 20.2. The predicted molar refractivity (Wildman–Crippen MR) is 71.5 cm³/mol. The lowest BCUT2D eigenvalue weighted by Gasteiger charge is -2.10. The zero-order valence-electron chi connectivity index (χ0n) is 9.59. The molecule has 1 aliphatic heterocycles. The quantitative estimate of drug-likeness (QED) is 0.845. The van der Waals surface area contributed by atoms with E-state index in [1.165, 1.54) is 0 Å². The monoisotopic (exact) mass is 295 g/mol. The Hall–Kier alpha value is -1.07. The van der Waals surface area contributed by atoms with Gasteiger partial charge in [-0.2, -0.15) is 0 Å². The lowest BCUT2D eigenvalue weighted by molar-refractivity contribution is 0.546. The summed E-state index contributed by atoms with van der Waals surface area (Å²) < 4.78 is 2.90. The summed E-state index contributed by atoms with van der Waals surface area (Å²) in [6, 6.07) is 4.30. The van der Waals surface area contributed by atoms with Crippen molar-refractivity contribution in [2.75, 3.05) is 13.1 Å². The van der Waals surface area contributed by atoms with Crippen LogP contribution in [0.5, 0.6) is 0 Å². The molecule has 2 N–H and O–H groups in total. The van der Waals surface area contributed by atoms with E-state index in [1.807, 2.05) is 23.6 Å². The first-order valence-electron chi connectivity index (χ1n) is 5.78. The van der Waals surface area contributed by atoms with Crippen LogP contribution in [0.1, 0.15) is 18.0 Å². The molecule has 1 aliphatic rings. The van der Waals surface area contributed by atoms with Crippen LogP contribution >= 0.6 is 15.9 Å². The summed E-state index contributed by atoms with van der Waals surface area (Å²) in [6.07, 6.45) is 1.01. The van der Waals surface area contributed by atoms with E-state index in [1.54, 1.807) is 0 Å². The van der Waals surface area contributed by atoms with Crippen LogP contribution in [0.15, 0.2) is 21.4 Å². The number of aromatic nitrogens is 2. The molecule has 5 heteroatoms. The average Bonchev–Trinajstić information content (AvgIpc) is 2.84. The van der Waals surface area contributed by atoms with E-state index >= 15 is 0 Å². The third-order valence-electron chi connectivity index (χ3n) is 3.39. The van der Waals surface area contributed by atoms with Gasteiger partial charge in [0.25, 0.3) is 0 Å². The number of halogens is 1. The van der Waals surface area contributed by atoms with Crippen molar-refractivity contribution < 1.29 is 0 Å². The molecule has 17 heavy (non-hydrogen) atoms. The molecule has 1 atom stereocenters. The van der Waals surface area contributed by atoms with E-state index in [2.05, 4.69) is 26.2 Å². The highest BCUT2D eigenvalue weighted by Gasteiger charge is 2.21. The molecule has 0 amide bonds. The number of aromatic amines is 1. The van der Waals surface area contributed by atoms with Crippen molar-refractivity contribution >= 4 is 27.0 Å². The Morgan fingerprint density at radius 3 is 3.00 bits per heavy atom. The molecule has 1 aromatic heterocycles. The lowest BCUT2D eigenvalue weighted by Crippen LogP contribution is -2.23. The van der Waals surface area contributed by atoms with Gasteiger partial charge < -0.3 is 10.3 Å². The minimum Gasteiger partial charge on any atom is -0.315 e. The molecule has 1 unspecified atom stereocenters. The Morgan fingerprint density at radius 1 is 1.47 bits per heavy atom. The molecule has 0 spiro atoms. The minimum atomic E-state index is -0.00472. The van der Waals surface area contributed by atoms with Gasteiger partial charge in [0.2, 0.25) is 0 Å². The summed E-state index contributed by atoms with van der Waals surface area (Å²) in [5.74, 6) is 0. The zero-order valence-corrected chi connectivity index (χ0v) is 11.2. The molecule has 1 saturated heterocycles. The van der Waals surface area contributed by atoms with Gasteiger partial charge in [0, 0.05) is 11.0 Å². The van der Waals surface area contributed by atoms with Gasteiger partial charge in [0.05, 0.1) is 17.1 Å². The molecule has 0 bridgehead atoms. The van der Waals surface area contributed by atoms with Crippen LogP contribution < -0.4 is 11.0 Å². The number of benzene rings is 1. The largest absolute Gasteiger partial charge is 0.326 e. The Labute approximate surface area is 107 Å². The van der Waals surface area contributed by atoms with Crippen LogP contribution in [0.4, 0.5) is 0 Å². The van der Waals surface area contributed by atoms with E-state index < -0.39 is 0 Å². The van der Waals surface area contributed by atoms with Crippen LogP contribution in [-0.2, 0) is 0 Å². The second-order valence-corrected chi connectivity index (χ2v) is 5.48. The molecule has 0 aliphatic carbocycles. The maximum atomic E-state index is 12.1. The van der Waals surface area contributed by atoms with Gasteiger partial charge in [0.1, 0.15) is 0 Å². The van der Waals surface area contributed by atoms with Crippen LogP contribution in [0.2, 0.25) is 0 Å². The number of hydrogen-bond acceptors (Lipinski definition) is 2. The molecular formula is C12H14BrN3O. The van der Waals surface area contributed by atoms with Gasteiger partial charge in [-0.15, -0.1) is 0 Å². The van der Waals surface area contributed by atoms with Crippen molar-refractivity contribution in [2.24, 2.45) is 0 Å². The number of nitrogens with one attached hydrogen (secondary N) is 2. The zero-order chi connectivity index (χ0) is 12.0. The molecule has 2 aromatic rings. The molecule has 4 nitrogen and oxygen atoms in total. The Morgan fingerprint density at radius 2 is 2.29 bits per heavy atom. The van der Waals surface area contributed by atoms with Crippen molar-refractivity contribution in [3.8, 4) is 0 Å². The fraction of sp³-hybridized carbons (Fsp3) is 0.417. The van der Waals surface area contributed by atoms with Gasteiger partial charge in [0.15, 0.2) is 0 Å². The summed E-state index contributed by atoms with van der Waals surface area (Å²) >= 11 is 3.49. The third kappa shape index (κ3) is 1.73. The SMILES string of the molecule is Cc1cc(Br)cc2c1[nH]c(=O)n2C1CCNC1. The van der Waals surface area contributed by atoms with Gasteiger partial charge in [-0.05, 0) is 37.6 Å². The standard InChI is InChI=1S/C12H14BrN3O/c1-7-4-8(13)5-10-11(7)15-12(17)16(10)9-2-3-14-6-9/h4-5,9,14H,2-3,6H2,1H3,(H,15,17). The van der Waals surface area contributed by atoms with Gasteiger partial charge in [-0.3, -0.25) is 4.57 Å². The number of nitrogens with zero attached hydrogens (tertiary/aromatic N) is 1. The van der Waals surface area contributed by atoms with Crippen molar-refractivity contribution in [3.05, 3.63) is 32.7 Å². The fourth-order valence-corrected chi connectivity index (χ4v) is 3.14. The van der Waals surface area contributed by atoms with Gasteiger partial charge in [-0.25, -0.2) is 4.79 Å². The maximum Gasteiger partial charge on any atom is 0.326 e. The Kier molecular flexibility index (Phi) is 2.60. The lowest BCUT2D eigenvalue weighted by atomic mass is 10.2. The number of hydrogen-bond donors (Lipinski definition) is 2. The van der Waals surface area contributed by atoms with Gasteiger partial charge in [-0.1, -0.05) is 15.9 Å². The third-order valence-corrected chi connectivity index (χ3v) is 3.85.